The smallest absolute Gasteiger partial charge is 0.337 e. The molecule has 3 heteroatoms. The van der Waals surface area contributed by atoms with Crippen LogP contribution in [0.15, 0.2) is 18.7 Å². The molecule has 0 radical (unpaired) electrons. The number of benzene rings is 1. The van der Waals surface area contributed by atoms with Crippen LogP contribution in [0.3, 0.4) is 0 Å². The molecule has 0 fully saturated rings. The third-order valence-corrected chi connectivity index (χ3v) is 2.88. The molecule has 0 amide bonds. The Kier molecular flexibility index (Phi) is 4.46. The van der Waals surface area contributed by atoms with Crippen LogP contribution in [0.5, 0.6) is 0 Å². The van der Waals surface area contributed by atoms with Crippen molar-refractivity contribution in [2.24, 2.45) is 0 Å². The maximum Gasteiger partial charge on any atom is 0.337 e. The molecule has 1 rings (SSSR count). The number of methoxy groups -OCH3 is 1. The van der Waals surface area contributed by atoms with Gasteiger partial charge in [-0.1, -0.05) is 6.58 Å². The first-order chi connectivity index (χ1) is 8.01. The molecule has 0 aromatic heterocycles. The zero-order chi connectivity index (χ0) is 13.0. The van der Waals surface area contributed by atoms with Crippen molar-refractivity contribution in [1.29, 1.82) is 0 Å². The SMILES string of the molecule is C=C(CCO)c1cc(C(=O)OC)cc(C)c1C. The van der Waals surface area contributed by atoms with Crippen LogP contribution in [0, 0.1) is 13.8 Å². The number of aliphatic hydroxyl groups is 1. The van der Waals surface area contributed by atoms with Crippen molar-refractivity contribution in [2.45, 2.75) is 20.3 Å². The van der Waals surface area contributed by atoms with Gasteiger partial charge in [0.15, 0.2) is 0 Å². The summed E-state index contributed by atoms with van der Waals surface area (Å²) in [6.07, 6.45) is 0.505. The Labute approximate surface area is 102 Å². The molecule has 0 saturated heterocycles. The molecule has 0 spiro atoms. The van der Waals surface area contributed by atoms with Crippen molar-refractivity contribution in [3.63, 3.8) is 0 Å². The quantitative estimate of drug-likeness (QED) is 0.814. The number of carbonyl (C=O) groups is 1. The molecule has 1 aromatic rings. The van der Waals surface area contributed by atoms with Gasteiger partial charge in [0.1, 0.15) is 0 Å². The van der Waals surface area contributed by atoms with E-state index in [1.165, 1.54) is 7.11 Å². The predicted molar refractivity (Wildman–Crippen MR) is 68.0 cm³/mol. The number of rotatable bonds is 4. The van der Waals surface area contributed by atoms with E-state index in [4.69, 9.17) is 9.84 Å². The lowest BCUT2D eigenvalue weighted by molar-refractivity contribution is 0.0600. The largest absolute Gasteiger partial charge is 0.465 e. The van der Waals surface area contributed by atoms with Gasteiger partial charge in [0.05, 0.1) is 12.7 Å². The zero-order valence-electron chi connectivity index (χ0n) is 10.5. The molecule has 1 aromatic carbocycles. The van der Waals surface area contributed by atoms with Gasteiger partial charge in [-0.05, 0) is 54.7 Å². The van der Waals surface area contributed by atoms with Crippen molar-refractivity contribution >= 4 is 11.5 Å². The van der Waals surface area contributed by atoms with Gasteiger partial charge in [-0.15, -0.1) is 0 Å². The first kappa shape index (κ1) is 13.5. The van der Waals surface area contributed by atoms with Gasteiger partial charge in [0.2, 0.25) is 0 Å². The van der Waals surface area contributed by atoms with Crippen molar-refractivity contribution < 1.29 is 14.6 Å². The van der Waals surface area contributed by atoms with Crippen LogP contribution in [0.2, 0.25) is 0 Å². The van der Waals surface area contributed by atoms with Gasteiger partial charge >= 0.3 is 5.97 Å². The number of aliphatic hydroxyl groups excluding tert-OH is 1. The molecule has 0 bridgehead atoms. The Morgan fingerprint density at radius 1 is 1.41 bits per heavy atom. The third-order valence-electron chi connectivity index (χ3n) is 2.88. The topological polar surface area (TPSA) is 46.5 Å². The molecule has 0 atom stereocenters. The molecule has 0 aliphatic heterocycles. The molecule has 0 heterocycles. The lowest BCUT2D eigenvalue weighted by Crippen LogP contribution is -2.04. The Hall–Kier alpha value is -1.61. The second kappa shape index (κ2) is 5.64. The highest BCUT2D eigenvalue weighted by molar-refractivity contribution is 5.91. The van der Waals surface area contributed by atoms with Crippen molar-refractivity contribution in [3.05, 3.63) is 41.0 Å². The van der Waals surface area contributed by atoms with E-state index in [9.17, 15) is 4.79 Å². The number of carbonyl (C=O) groups excluding carboxylic acids is 1. The number of hydrogen-bond donors (Lipinski definition) is 1. The van der Waals surface area contributed by atoms with E-state index in [0.717, 1.165) is 22.3 Å². The monoisotopic (exact) mass is 234 g/mol. The third kappa shape index (κ3) is 2.94. The summed E-state index contributed by atoms with van der Waals surface area (Å²) in [5.41, 5.74) is 4.36. The first-order valence-corrected chi connectivity index (χ1v) is 5.49. The Morgan fingerprint density at radius 3 is 2.59 bits per heavy atom. The summed E-state index contributed by atoms with van der Waals surface area (Å²) < 4.78 is 4.71. The number of aryl methyl sites for hydroxylation is 1. The molecule has 0 unspecified atom stereocenters. The van der Waals surface area contributed by atoms with E-state index in [1.807, 2.05) is 13.8 Å². The highest BCUT2D eigenvalue weighted by atomic mass is 16.5. The van der Waals surface area contributed by atoms with Crippen molar-refractivity contribution in [3.8, 4) is 0 Å². The Morgan fingerprint density at radius 2 is 2.06 bits per heavy atom. The highest BCUT2D eigenvalue weighted by Crippen LogP contribution is 2.24. The fraction of sp³-hybridized carbons (Fsp3) is 0.357. The molecule has 1 N–H and O–H groups in total. The summed E-state index contributed by atoms with van der Waals surface area (Å²) in [5.74, 6) is -0.355. The van der Waals surface area contributed by atoms with E-state index in [1.54, 1.807) is 12.1 Å². The van der Waals surface area contributed by atoms with Crippen LogP contribution >= 0.6 is 0 Å². The van der Waals surface area contributed by atoms with Crippen LogP contribution in [-0.2, 0) is 4.74 Å². The fourth-order valence-corrected chi connectivity index (χ4v) is 1.73. The van der Waals surface area contributed by atoms with Crippen LogP contribution < -0.4 is 0 Å². The first-order valence-electron chi connectivity index (χ1n) is 5.49. The molecule has 92 valence electrons. The van der Waals surface area contributed by atoms with Crippen LogP contribution in [0.25, 0.3) is 5.57 Å². The summed E-state index contributed by atoms with van der Waals surface area (Å²) in [5, 5.41) is 8.93. The van der Waals surface area contributed by atoms with Crippen molar-refractivity contribution in [1.82, 2.24) is 0 Å². The van der Waals surface area contributed by atoms with Gasteiger partial charge < -0.3 is 9.84 Å². The predicted octanol–water partition coefficient (Wildman–Crippen LogP) is 2.49. The maximum absolute atomic E-state index is 11.5. The fourth-order valence-electron chi connectivity index (χ4n) is 1.73. The zero-order valence-corrected chi connectivity index (χ0v) is 10.5. The second-order valence-electron chi connectivity index (χ2n) is 4.03. The van der Waals surface area contributed by atoms with E-state index >= 15 is 0 Å². The number of esters is 1. The van der Waals surface area contributed by atoms with Gasteiger partial charge in [-0.2, -0.15) is 0 Å². The Bertz CT molecular complexity index is 447. The van der Waals surface area contributed by atoms with E-state index in [0.29, 0.717) is 12.0 Å². The van der Waals surface area contributed by atoms with Crippen LogP contribution in [-0.4, -0.2) is 24.8 Å². The molecule has 0 saturated carbocycles. The van der Waals surface area contributed by atoms with Gasteiger partial charge in [0.25, 0.3) is 0 Å². The van der Waals surface area contributed by atoms with E-state index in [2.05, 4.69) is 6.58 Å². The molecular weight excluding hydrogens is 216 g/mol. The van der Waals surface area contributed by atoms with E-state index < -0.39 is 0 Å². The van der Waals surface area contributed by atoms with Crippen molar-refractivity contribution in [2.75, 3.05) is 13.7 Å². The van der Waals surface area contributed by atoms with Gasteiger partial charge in [-0.3, -0.25) is 0 Å². The van der Waals surface area contributed by atoms with Gasteiger partial charge in [-0.25, -0.2) is 4.79 Å². The number of hydrogen-bond acceptors (Lipinski definition) is 3. The second-order valence-corrected chi connectivity index (χ2v) is 4.03. The summed E-state index contributed by atoms with van der Waals surface area (Å²) in [6, 6.07) is 3.57. The standard InChI is InChI=1S/C14H18O3/c1-9(5-6-15)13-8-12(14(16)17-4)7-10(2)11(13)3/h7-8,15H,1,5-6H2,2-4H3. The molecule has 17 heavy (non-hydrogen) atoms. The van der Waals surface area contributed by atoms with Gasteiger partial charge in [0, 0.05) is 6.61 Å². The molecule has 0 aliphatic rings. The lowest BCUT2D eigenvalue weighted by atomic mass is 9.93. The molecular formula is C14H18O3. The highest BCUT2D eigenvalue weighted by Gasteiger charge is 2.12. The average Bonchev–Trinajstić information content (AvgIpc) is 2.31. The molecule has 3 nitrogen and oxygen atoms in total. The summed E-state index contributed by atoms with van der Waals surface area (Å²) >= 11 is 0. The summed E-state index contributed by atoms with van der Waals surface area (Å²) in [6.45, 7) is 7.91. The summed E-state index contributed by atoms with van der Waals surface area (Å²) in [4.78, 5) is 11.5. The average molecular weight is 234 g/mol. The van der Waals surface area contributed by atoms with Crippen LogP contribution in [0.4, 0.5) is 0 Å². The number of ether oxygens (including phenoxy) is 1. The summed E-state index contributed by atoms with van der Waals surface area (Å²) in [7, 11) is 1.36. The normalized spacial score (nSPS) is 10.1. The molecule has 0 aliphatic carbocycles. The minimum atomic E-state index is -0.355. The maximum atomic E-state index is 11.5. The Balaban J connectivity index is 3.24. The van der Waals surface area contributed by atoms with Crippen LogP contribution in [0.1, 0.15) is 33.5 Å². The minimum Gasteiger partial charge on any atom is -0.465 e. The lowest BCUT2D eigenvalue weighted by Gasteiger charge is -2.13. The minimum absolute atomic E-state index is 0.0553. The van der Waals surface area contributed by atoms with E-state index in [-0.39, 0.29) is 12.6 Å².